The molecule has 1 aliphatic carbocycles. The van der Waals surface area contributed by atoms with E-state index in [1.165, 1.54) is 0 Å². The van der Waals surface area contributed by atoms with Crippen LogP contribution < -0.4 is 0 Å². The number of carbonyl (C=O) groups is 2. The number of benzene rings is 2. The maximum Gasteiger partial charge on any atom is 0.225 e. The molecule has 2 aromatic carbocycles. The molecule has 0 atom stereocenters. The van der Waals surface area contributed by atoms with E-state index in [0.717, 1.165) is 48.0 Å². The fourth-order valence-corrected chi connectivity index (χ4v) is 5.70. The number of hydrogen-bond donors (Lipinski definition) is 0. The second-order valence-electron chi connectivity index (χ2n) is 10.1. The van der Waals surface area contributed by atoms with Crippen LogP contribution in [0.3, 0.4) is 0 Å². The van der Waals surface area contributed by atoms with Crippen LogP contribution >= 0.6 is 0 Å². The summed E-state index contributed by atoms with van der Waals surface area (Å²) in [5.41, 5.74) is 4.11. The molecule has 1 saturated carbocycles. The van der Waals surface area contributed by atoms with Crippen LogP contribution in [0.4, 0.5) is 0 Å². The minimum atomic E-state index is -0.402. The molecule has 2 aliphatic rings. The maximum absolute atomic E-state index is 13.5. The second-order valence-corrected chi connectivity index (χ2v) is 10.1. The lowest BCUT2D eigenvalue weighted by atomic mass is 9.54. The Labute approximate surface area is 219 Å². The zero-order valence-corrected chi connectivity index (χ0v) is 21.7. The van der Waals surface area contributed by atoms with Crippen molar-refractivity contribution in [3.8, 4) is 12.1 Å². The van der Waals surface area contributed by atoms with Gasteiger partial charge < -0.3 is 4.90 Å². The molecule has 2 fully saturated rings. The fraction of sp³-hybridized carbons (Fsp3) is 0.375. The van der Waals surface area contributed by atoms with Crippen LogP contribution in [-0.2, 0) is 9.59 Å². The third kappa shape index (κ3) is 5.27. The molecule has 0 radical (unpaired) electrons. The highest BCUT2D eigenvalue weighted by molar-refractivity contribution is 6.23. The number of nitrogens with zero attached hydrogens (tertiary/aromatic N) is 3. The SMILES string of the molecule is CCCC(CCC)C(=O)N1CCC2(CC1)/C(=C\c1ccc(C#N)cc1)C(=O)/C2=C/c1ccc(C#N)cc1. The number of rotatable bonds is 7. The van der Waals surface area contributed by atoms with E-state index in [9.17, 15) is 9.59 Å². The van der Waals surface area contributed by atoms with Crippen LogP contribution in [0.2, 0.25) is 0 Å². The van der Waals surface area contributed by atoms with E-state index >= 15 is 0 Å². The molecule has 0 bridgehead atoms. The molecule has 4 rings (SSSR count). The number of amides is 1. The van der Waals surface area contributed by atoms with Gasteiger partial charge in [-0.25, -0.2) is 0 Å². The number of hydrogen-bond acceptors (Lipinski definition) is 4. The maximum atomic E-state index is 13.5. The Balaban J connectivity index is 1.64. The molecule has 1 saturated heterocycles. The summed E-state index contributed by atoms with van der Waals surface area (Å²) in [6.45, 7) is 5.51. The van der Waals surface area contributed by atoms with Crippen LogP contribution in [0.5, 0.6) is 0 Å². The molecule has 1 amide bonds. The first-order valence-electron chi connectivity index (χ1n) is 13.2. The summed E-state index contributed by atoms with van der Waals surface area (Å²) in [6, 6.07) is 18.8. The topological polar surface area (TPSA) is 85.0 Å². The number of nitriles is 2. The molecule has 0 N–H and O–H groups in total. The highest BCUT2D eigenvalue weighted by Crippen LogP contribution is 2.56. The third-order valence-electron chi connectivity index (χ3n) is 7.77. The summed E-state index contributed by atoms with van der Waals surface area (Å²) < 4.78 is 0. The Hall–Kier alpha value is -3.96. The van der Waals surface area contributed by atoms with Gasteiger partial charge in [-0.1, -0.05) is 51.0 Å². The molecule has 5 nitrogen and oxygen atoms in total. The van der Waals surface area contributed by atoms with Gasteiger partial charge in [-0.2, -0.15) is 10.5 Å². The lowest BCUT2D eigenvalue weighted by Crippen LogP contribution is -2.53. The Kier molecular flexibility index (Phi) is 8.04. The highest BCUT2D eigenvalue weighted by atomic mass is 16.2. The van der Waals surface area contributed by atoms with Gasteiger partial charge in [-0.15, -0.1) is 0 Å². The predicted molar refractivity (Wildman–Crippen MR) is 145 cm³/mol. The van der Waals surface area contributed by atoms with E-state index in [2.05, 4.69) is 26.0 Å². The van der Waals surface area contributed by atoms with Gasteiger partial charge in [0.25, 0.3) is 0 Å². The second kappa shape index (κ2) is 11.4. The Morgan fingerprint density at radius 2 is 1.30 bits per heavy atom. The van der Waals surface area contributed by atoms with Crippen molar-refractivity contribution in [2.75, 3.05) is 13.1 Å². The quantitative estimate of drug-likeness (QED) is 0.425. The van der Waals surface area contributed by atoms with Gasteiger partial charge >= 0.3 is 0 Å². The van der Waals surface area contributed by atoms with Gasteiger partial charge in [0.15, 0.2) is 5.78 Å². The van der Waals surface area contributed by atoms with Crippen LogP contribution in [-0.4, -0.2) is 29.7 Å². The van der Waals surface area contributed by atoms with Crippen LogP contribution in [0, 0.1) is 34.0 Å². The molecule has 0 unspecified atom stereocenters. The average Bonchev–Trinajstić information content (AvgIpc) is 2.95. The monoisotopic (exact) mass is 491 g/mol. The van der Waals surface area contributed by atoms with Gasteiger partial charge in [0, 0.05) is 35.6 Å². The lowest BCUT2D eigenvalue weighted by molar-refractivity contribution is -0.138. The first-order valence-corrected chi connectivity index (χ1v) is 13.2. The molecule has 2 aromatic rings. The smallest absolute Gasteiger partial charge is 0.225 e. The zero-order valence-electron chi connectivity index (χ0n) is 21.7. The van der Waals surface area contributed by atoms with Crippen molar-refractivity contribution < 1.29 is 9.59 Å². The van der Waals surface area contributed by atoms with Crippen molar-refractivity contribution in [3.63, 3.8) is 0 Å². The highest BCUT2D eigenvalue weighted by Gasteiger charge is 2.54. The summed E-state index contributed by atoms with van der Waals surface area (Å²) >= 11 is 0. The fourth-order valence-electron chi connectivity index (χ4n) is 5.70. The molecule has 5 heteroatoms. The van der Waals surface area contributed by atoms with Crippen molar-refractivity contribution in [2.45, 2.75) is 52.4 Å². The predicted octanol–water partition coefficient (Wildman–Crippen LogP) is 6.30. The van der Waals surface area contributed by atoms with Crippen LogP contribution in [0.15, 0.2) is 59.7 Å². The normalized spacial score (nSPS) is 18.6. The number of piperidine rings is 1. The van der Waals surface area contributed by atoms with Crippen molar-refractivity contribution >= 4 is 23.8 Å². The third-order valence-corrected chi connectivity index (χ3v) is 7.77. The molecule has 1 spiro atoms. The van der Waals surface area contributed by atoms with Crippen LogP contribution in [0.25, 0.3) is 12.2 Å². The van der Waals surface area contributed by atoms with Crippen molar-refractivity contribution in [1.29, 1.82) is 10.5 Å². The molecule has 1 heterocycles. The molecule has 1 aliphatic heterocycles. The van der Waals surface area contributed by atoms with Gasteiger partial charge in [-0.05, 0) is 73.2 Å². The molecule has 0 aromatic heterocycles. The number of carbonyl (C=O) groups excluding carboxylic acids is 2. The van der Waals surface area contributed by atoms with Crippen molar-refractivity contribution in [1.82, 2.24) is 4.90 Å². The van der Waals surface area contributed by atoms with E-state index in [4.69, 9.17) is 10.5 Å². The summed E-state index contributed by atoms with van der Waals surface area (Å²) in [4.78, 5) is 28.8. The summed E-state index contributed by atoms with van der Waals surface area (Å²) in [7, 11) is 0. The van der Waals surface area contributed by atoms with Crippen LogP contribution in [0.1, 0.15) is 74.6 Å². The zero-order chi connectivity index (χ0) is 26.4. The minimum Gasteiger partial charge on any atom is -0.342 e. The number of allylic oxidation sites excluding steroid dienone is 2. The number of Topliss-reactive ketones (excluding diaryl/α,β-unsaturated/α-hetero) is 1. The number of likely N-dealkylation sites (tertiary alicyclic amines) is 1. The van der Waals surface area contributed by atoms with Gasteiger partial charge in [0.1, 0.15) is 0 Å². The molecular weight excluding hydrogens is 458 g/mol. The van der Waals surface area contributed by atoms with Gasteiger partial charge in [0.2, 0.25) is 5.91 Å². The van der Waals surface area contributed by atoms with E-state index in [-0.39, 0.29) is 17.6 Å². The Bertz CT molecular complexity index is 1210. The Morgan fingerprint density at radius 1 is 0.865 bits per heavy atom. The van der Waals surface area contributed by atoms with Gasteiger partial charge in [-0.3, -0.25) is 9.59 Å². The molecule has 37 heavy (non-hydrogen) atoms. The van der Waals surface area contributed by atoms with Crippen molar-refractivity contribution in [3.05, 3.63) is 81.9 Å². The molecular formula is C32H33N3O2. The Morgan fingerprint density at radius 3 is 1.68 bits per heavy atom. The minimum absolute atomic E-state index is 0.0309. The molecule has 188 valence electrons. The van der Waals surface area contributed by atoms with Crippen molar-refractivity contribution in [2.24, 2.45) is 11.3 Å². The van der Waals surface area contributed by atoms with E-state index < -0.39 is 5.41 Å². The summed E-state index contributed by atoms with van der Waals surface area (Å²) in [5.74, 6) is 0.358. The summed E-state index contributed by atoms with van der Waals surface area (Å²) in [5, 5.41) is 18.2. The van der Waals surface area contributed by atoms with E-state index in [1.54, 1.807) is 24.3 Å². The first-order chi connectivity index (χ1) is 17.9. The largest absolute Gasteiger partial charge is 0.342 e. The van der Waals surface area contributed by atoms with Gasteiger partial charge in [0.05, 0.1) is 23.3 Å². The average molecular weight is 492 g/mol. The van der Waals surface area contributed by atoms with E-state index in [1.807, 2.05) is 41.3 Å². The summed E-state index contributed by atoms with van der Waals surface area (Å²) in [6.07, 6.45) is 9.15. The lowest BCUT2D eigenvalue weighted by Gasteiger charge is -2.51. The number of ketones is 1. The standard InChI is InChI=1S/C32H33N3O2/c1-3-5-27(6-4-2)31(37)35-17-15-32(16-18-35)28(19-23-7-11-25(21-33)12-8-23)30(36)29(32)20-24-9-13-26(22-34)14-10-24/h7-14,19-20,27H,3-6,15-18H2,1-2H3/b28-19-,29-20-. The first kappa shape index (κ1) is 26.1. The van der Waals surface area contributed by atoms with E-state index in [0.29, 0.717) is 37.1 Å².